The fourth-order valence-electron chi connectivity index (χ4n) is 2.25. The Hall–Kier alpha value is -1.36. The minimum absolute atomic E-state index is 0.0822. The first-order chi connectivity index (χ1) is 8.39. The molecule has 0 bridgehead atoms. The Morgan fingerprint density at radius 3 is 2.33 bits per heavy atom. The number of hydrogen-bond acceptors (Lipinski definition) is 2. The van der Waals surface area contributed by atoms with E-state index in [1.165, 1.54) is 12.1 Å². The van der Waals surface area contributed by atoms with Crippen LogP contribution in [-0.4, -0.2) is 18.4 Å². The van der Waals surface area contributed by atoms with Crippen molar-refractivity contribution in [2.45, 2.75) is 25.6 Å². The van der Waals surface area contributed by atoms with E-state index in [9.17, 15) is 18.0 Å². The third-order valence-electron chi connectivity index (χ3n) is 3.36. The van der Waals surface area contributed by atoms with E-state index in [0.29, 0.717) is 5.56 Å². The summed E-state index contributed by atoms with van der Waals surface area (Å²) in [5.41, 5.74) is -0.375. The Balaban J connectivity index is 2.17. The van der Waals surface area contributed by atoms with E-state index in [1.54, 1.807) is 0 Å². The zero-order chi connectivity index (χ0) is 13.3. The lowest BCUT2D eigenvalue weighted by Crippen LogP contribution is -2.28. The van der Waals surface area contributed by atoms with Crippen molar-refractivity contribution in [3.8, 4) is 0 Å². The molecular formula is C13H14F3NO. The van der Waals surface area contributed by atoms with Crippen LogP contribution < -0.4 is 5.32 Å². The van der Waals surface area contributed by atoms with E-state index in [1.807, 2.05) is 6.92 Å². The monoisotopic (exact) mass is 257 g/mol. The van der Waals surface area contributed by atoms with Gasteiger partial charge in [-0.25, -0.2) is 0 Å². The third kappa shape index (κ3) is 2.56. The highest BCUT2D eigenvalue weighted by Gasteiger charge is 2.32. The zero-order valence-corrected chi connectivity index (χ0v) is 9.92. The van der Waals surface area contributed by atoms with Gasteiger partial charge in [-0.05, 0) is 32.0 Å². The van der Waals surface area contributed by atoms with Crippen molar-refractivity contribution in [2.75, 3.05) is 6.54 Å². The Morgan fingerprint density at radius 1 is 1.28 bits per heavy atom. The second-order valence-electron chi connectivity index (χ2n) is 4.58. The first kappa shape index (κ1) is 13.1. The maximum atomic E-state index is 12.4. The minimum Gasteiger partial charge on any atom is -0.313 e. The van der Waals surface area contributed by atoms with E-state index in [4.69, 9.17) is 0 Å². The number of carbonyl (C=O) groups is 1. The number of nitrogens with one attached hydrogen (secondary N) is 1. The van der Waals surface area contributed by atoms with Crippen LogP contribution in [0.25, 0.3) is 0 Å². The van der Waals surface area contributed by atoms with Crippen LogP contribution in [0.2, 0.25) is 0 Å². The first-order valence-corrected chi connectivity index (χ1v) is 5.84. The maximum Gasteiger partial charge on any atom is 0.416 e. The lowest BCUT2D eigenvalue weighted by molar-refractivity contribution is -0.137. The lowest BCUT2D eigenvalue weighted by Gasteiger charge is -2.14. The Labute approximate surface area is 103 Å². The summed E-state index contributed by atoms with van der Waals surface area (Å²) in [5.74, 6) is -0.219. The van der Waals surface area contributed by atoms with Gasteiger partial charge in [0.2, 0.25) is 0 Å². The summed E-state index contributed by atoms with van der Waals surface area (Å²) in [5, 5.41) is 3.16. The molecule has 1 N–H and O–H groups in total. The van der Waals surface area contributed by atoms with Gasteiger partial charge in [0, 0.05) is 17.5 Å². The van der Waals surface area contributed by atoms with Gasteiger partial charge in [-0.3, -0.25) is 4.79 Å². The van der Waals surface area contributed by atoms with Gasteiger partial charge in [-0.2, -0.15) is 13.2 Å². The van der Waals surface area contributed by atoms with Crippen LogP contribution in [0.3, 0.4) is 0 Å². The van der Waals surface area contributed by atoms with Crippen LogP contribution in [0.15, 0.2) is 24.3 Å². The molecule has 0 radical (unpaired) electrons. The normalized spacial score (nSPS) is 24.2. The summed E-state index contributed by atoms with van der Waals surface area (Å²) in [4.78, 5) is 12.1. The fourth-order valence-corrected chi connectivity index (χ4v) is 2.25. The minimum atomic E-state index is -4.36. The third-order valence-corrected chi connectivity index (χ3v) is 3.36. The standard InChI is InChI=1S/C13H14F3NO/c1-8-11(6-7-17-8)12(18)9-2-4-10(5-3-9)13(14,15)16/h2-5,8,11,17H,6-7H2,1H3. The first-order valence-electron chi connectivity index (χ1n) is 5.84. The number of halogens is 3. The van der Waals surface area contributed by atoms with Crippen molar-refractivity contribution >= 4 is 5.78 Å². The second-order valence-corrected chi connectivity index (χ2v) is 4.58. The Kier molecular flexibility index (Phi) is 3.43. The van der Waals surface area contributed by atoms with Gasteiger partial charge in [0.05, 0.1) is 5.56 Å². The largest absolute Gasteiger partial charge is 0.416 e. The molecule has 1 saturated heterocycles. The van der Waals surface area contributed by atoms with Gasteiger partial charge >= 0.3 is 6.18 Å². The number of alkyl halides is 3. The Morgan fingerprint density at radius 2 is 1.89 bits per heavy atom. The van der Waals surface area contributed by atoms with E-state index in [-0.39, 0.29) is 17.7 Å². The molecule has 2 rings (SSSR count). The van der Waals surface area contributed by atoms with Crippen LogP contribution in [0.4, 0.5) is 13.2 Å². The molecule has 2 nitrogen and oxygen atoms in total. The van der Waals surface area contributed by atoms with Crippen LogP contribution in [0, 0.1) is 5.92 Å². The predicted octanol–water partition coefficient (Wildman–Crippen LogP) is 2.89. The molecule has 18 heavy (non-hydrogen) atoms. The van der Waals surface area contributed by atoms with Gasteiger partial charge in [-0.1, -0.05) is 12.1 Å². The van der Waals surface area contributed by atoms with Gasteiger partial charge in [0.1, 0.15) is 0 Å². The lowest BCUT2D eigenvalue weighted by atomic mass is 9.91. The highest BCUT2D eigenvalue weighted by molar-refractivity contribution is 5.98. The van der Waals surface area contributed by atoms with Crippen molar-refractivity contribution in [1.29, 1.82) is 0 Å². The van der Waals surface area contributed by atoms with Gasteiger partial charge < -0.3 is 5.32 Å². The number of benzene rings is 1. The van der Waals surface area contributed by atoms with Gasteiger partial charge in [-0.15, -0.1) is 0 Å². The average Bonchev–Trinajstić information content (AvgIpc) is 2.73. The second kappa shape index (κ2) is 4.72. The molecule has 0 amide bonds. The van der Waals surface area contributed by atoms with Crippen molar-refractivity contribution in [2.24, 2.45) is 5.92 Å². The van der Waals surface area contributed by atoms with Crippen LogP contribution >= 0.6 is 0 Å². The predicted molar refractivity (Wildman–Crippen MR) is 61.3 cm³/mol. The molecule has 1 fully saturated rings. The smallest absolute Gasteiger partial charge is 0.313 e. The quantitative estimate of drug-likeness (QED) is 0.825. The molecule has 0 spiro atoms. The molecule has 1 aromatic carbocycles. The summed E-state index contributed by atoms with van der Waals surface area (Å²) < 4.78 is 37.2. The Bertz CT molecular complexity index is 439. The fraction of sp³-hybridized carbons (Fsp3) is 0.462. The van der Waals surface area contributed by atoms with E-state index < -0.39 is 11.7 Å². The average molecular weight is 257 g/mol. The molecular weight excluding hydrogens is 243 g/mol. The highest BCUT2D eigenvalue weighted by atomic mass is 19.4. The van der Waals surface area contributed by atoms with Crippen LogP contribution in [0.5, 0.6) is 0 Å². The molecule has 2 atom stereocenters. The van der Waals surface area contributed by atoms with Crippen molar-refractivity contribution < 1.29 is 18.0 Å². The van der Waals surface area contributed by atoms with Crippen molar-refractivity contribution in [1.82, 2.24) is 5.32 Å². The molecule has 1 heterocycles. The SMILES string of the molecule is CC1NCCC1C(=O)c1ccc(C(F)(F)F)cc1. The number of Topliss-reactive ketones (excluding diaryl/α,β-unsaturated/α-hetero) is 1. The van der Waals surface area contributed by atoms with E-state index in [0.717, 1.165) is 25.1 Å². The van der Waals surface area contributed by atoms with Crippen LogP contribution in [-0.2, 0) is 6.18 Å². The zero-order valence-electron chi connectivity index (χ0n) is 9.92. The van der Waals surface area contributed by atoms with Crippen LogP contribution in [0.1, 0.15) is 29.3 Å². The summed E-state index contributed by atoms with van der Waals surface area (Å²) in [6.07, 6.45) is -3.62. The van der Waals surface area contributed by atoms with Crippen molar-refractivity contribution in [3.05, 3.63) is 35.4 Å². The van der Waals surface area contributed by atoms with E-state index in [2.05, 4.69) is 5.32 Å². The summed E-state index contributed by atoms with van der Waals surface area (Å²) in [6, 6.07) is 4.52. The molecule has 0 aliphatic carbocycles. The highest BCUT2D eigenvalue weighted by Crippen LogP contribution is 2.30. The molecule has 0 saturated carbocycles. The van der Waals surface area contributed by atoms with Crippen molar-refractivity contribution in [3.63, 3.8) is 0 Å². The number of ketones is 1. The molecule has 5 heteroatoms. The molecule has 98 valence electrons. The molecule has 2 unspecified atom stereocenters. The van der Waals surface area contributed by atoms with Gasteiger partial charge in [0.25, 0.3) is 0 Å². The summed E-state index contributed by atoms with van der Waals surface area (Å²) >= 11 is 0. The number of hydrogen-bond donors (Lipinski definition) is 1. The van der Waals surface area contributed by atoms with Gasteiger partial charge in [0.15, 0.2) is 5.78 Å². The topological polar surface area (TPSA) is 29.1 Å². The number of carbonyl (C=O) groups excluding carboxylic acids is 1. The molecule has 1 aromatic rings. The summed E-state index contributed by atoms with van der Waals surface area (Å²) in [7, 11) is 0. The molecule has 1 aliphatic rings. The number of rotatable bonds is 2. The maximum absolute atomic E-state index is 12.4. The molecule has 1 aliphatic heterocycles. The van der Waals surface area contributed by atoms with E-state index >= 15 is 0 Å². The molecule has 0 aromatic heterocycles. The summed E-state index contributed by atoms with van der Waals surface area (Å²) in [6.45, 7) is 2.69.